The van der Waals surface area contributed by atoms with Gasteiger partial charge in [0, 0.05) is 18.7 Å². The van der Waals surface area contributed by atoms with Crippen LogP contribution in [0.15, 0.2) is 24.3 Å². The second kappa shape index (κ2) is 9.94. The SMILES string of the molecule is CCOC(=O)CC1C(=O)NCCN1C(=O)c1ccc(OCCC(C)C)cc1. The Morgan fingerprint density at radius 3 is 2.59 bits per heavy atom. The molecule has 0 spiro atoms. The van der Waals surface area contributed by atoms with Crippen LogP contribution in [0.4, 0.5) is 0 Å². The van der Waals surface area contributed by atoms with Crippen LogP contribution in [0.5, 0.6) is 5.75 Å². The highest BCUT2D eigenvalue weighted by Gasteiger charge is 2.35. The molecular formula is C20H28N2O5. The number of carbonyl (C=O) groups excluding carboxylic acids is 3. The molecule has 1 N–H and O–H groups in total. The van der Waals surface area contributed by atoms with E-state index in [4.69, 9.17) is 9.47 Å². The van der Waals surface area contributed by atoms with Crippen LogP contribution in [-0.2, 0) is 14.3 Å². The average molecular weight is 376 g/mol. The molecule has 1 saturated heterocycles. The minimum Gasteiger partial charge on any atom is -0.494 e. The number of piperazine rings is 1. The summed E-state index contributed by atoms with van der Waals surface area (Å²) in [6.07, 6.45) is 0.806. The molecule has 0 saturated carbocycles. The predicted molar refractivity (Wildman–Crippen MR) is 100 cm³/mol. The summed E-state index contributed by atoms with van der Waals surface area (Å²) in [6.45, 7) is 7.53. The summed E-state index contributed by atoms with van der Waals surface area (Å²) in [5, 5.41) is 2.70. The first-order valence-corrected chi connectivity index (χ1v) is 9.39. The molecule has 0 bridgehead atoms. The monoisotopic (exact) mass is 376 g/mol. The van der Waals surface area contributed by atoms with Gasteiger partial charge in [0.15, 0.2) is 0 Å². The van der Waals surface area contributed by atoms with Crippen molar-refractivity contribution in [3.05, 3.63) is 29.8 Å². The maximum atomic E-state index is 12.9. The number of ether oxygens (including phenoxy) is 2. The molecule has 1 fully saturated rings. The zero-order valence-electron chi connectivity index (χ0n) is 16.2. The molecule has 7 heteroatoms. The van der Waals surface area contributed by atoms with Gasteiger partial charge in [-0.2, -0.15) is 0 Å². The van der Waals surface area contributed by atoms with Crippen molar-refractivity contribution in [2.24, 2.45) is 5.92 Å². The lowest BCUT2D eigenvalue weighted by Gasteiger charge is -2.34. The van der Waals surface area contributed by atoms with Crippen LogP contribution >= 0.6 is 0 Å². The zero-order chi connectivity index (χ0) is 19.8. The molecule has 0 aliphatic carbocycles. The molecule has 1 atom stereocenters. The molecule has 1 aromatic carbocycles. The van der Waals surface area contributed by atoms with Crippen molar-refractivity contribution < 1.29 is 23.9 Å². The molecular weight excluding hydrogens is 348 g/mol. The van der Waals surface area contributed by atoms with Gasteiger partial charge in [0.05, 0.1) is 19.6 Å². The van der Waals surface area contributed by atoms with Crippen molar-refractivity contribution in [2.45, 2.75) is 39.7 Å². The van der Waals surface area contributed by atoms with Gasteiger partial charge in [-0.3, -0.25) is 14.4 Å². The smallest absolute Gasteiger partial charge is 0.308 e. The van der Waals surface area contributed by atoms with Crippen LogP contribution < -0.4 is 10.1 Å². The van der Waals surface area contributed by atoms with Crippen molar-refractivity contribution in [2.75, 3.05) is 26.3 Å². The van der Waals surface area contributed by atoms with Crippen LogP contribution in [0.25, 0.3) is 0 Å². The van der Waals surface area contributed by atoms with Crippen molar-refractivity contribution >= 4 is 17.8 Å². The Kier molecular flexibility index (Phi) is 7.64. The molecule has 1 aliphatic heterocycles. The van der Waals surface area contributed by atoms with E-state index < -0.39 is 12.0 Å². The Morgan fingerprint density at radius 1 is 1.26 bits per heavy atom. The summed E-state index contributed by atoms with van der Waals surface area (Å²) < 4.78 is 10.6. The van der Waals surface area contributed by atoms with Crippen LogP contribution in [0.3, 0.4) is 0 Å². The highest BCUT2D eigenvalue weighted by atomic mass is 16.5. The molecule has 148 valence electrons. The second-order valence-electron chi connectivity index (χ2n) is 6.87. The number of hydrogen-bond acceptors (Lipinski definition) is 5. The predicted octanol–water partition coefficient (Wildman–Crippen LogP) is 2.01. The minimum atomic E-state index is -0.854. The number of amides is 2. The maximum absolute atomic E-state index is 12.9. The number of nitrogens with zero attached hydrogens (tertiary/aromatic N) is 1. The van der Waals surface area contributed by atoms with Gasteiger partial charge < -0.3 is 19.7 Å². The fourth-order valence-corrected chi connectivity index (χ4v) is 2.81. The van der Waals surface area contributed by atoms with Gasteiger partial charge in [-0.1, -0.05) is 13.8 Å². The lowest BCUT2D eigenvalue weighted by atomic mass is 10.1. The highest BCUT2D eigenvalue weighted by molar-refractivity contribution is 5.99. The van der Waals surface area contributed by atoms with E-state index in [1.807, 2.05) is 0 Å². The number of rotatable bonds is 8. The maximum Gasteiger partial charge on any atom is 0.308 e. The minimum absolute atomic E-state index is 0.151. The van der Waals surface area contributed by atoms with E-state index in [1.165, 1.54) is 4.90 Å². The molecule has 1 aromatic rings. The molecule has 2 amide bonds. The van der Waals surface area contributed by atoms with Gasteiger partial charge in [0.25, 0.3) is 5.91 Å². The number of carbonyl (C=O) groups is 3. The van der Waals surface area contributed by atoms with E-state index in [0.29, 0.717) is 36.9 Å². The van der Waals surface area contributed by atoms with Gasteiger partial charge in [0.2, 0.25) is 5.91 Å². The van der Waals surface area contributed by atoms with Gasteiger partial charge in [0.1, 0.15) is 11.8 Å². The third-order valence-electron chi connectivity index (χ3n) is 4.32. The highest BCUT2D eigenvalue weighted by Crippen LogP contribution is 2.18. The fourth-order valence-electron chi connectivity index (χ4n) is 2.81. The summed E-state index contributed by atoms with van der Waals surface area (Å²) in [6, 6.07) is 6.00. The zero-order valence-corrected chi connectivity index (χ0v) is 16.2. The summed E-state index contributed by atoms with van der Waals surface area (Å²) in [7, 11) is 0. The summed E-state index contributed by atoms with van der Waals surface area (Å²) in [4.78, 5) is 38.3. The Labute approximate surface area is 160 Å². The average Bonchev–Trinajstić information content (AvgIpc) is 2.63. The van der Waals surface area contributed by atoms with E-state index >= 15 is 0 Å². The largest absolute Gasteiger partial charge is 0.494 e. The first-order valence-electron chi connectivity index (χ1n) is 9.39. The lowest BCUT2D eigenvalue weighted by Crippen LogP contribution is -2.57. The van der Waals surface area contributed by atoms with Gasteiger partial charge in [-0.15, -0.1) is 0 Å². The van der Waals surface area contributed by atoms with Crippen LogP contribution in [0.1, 0.15) is 44.0 Å². The van der Waals surface area contributed by atoms with Gasteiger partial charge in [-0.05, 0) is 43.5 Å². The quantitative estimate of drug-likeness (QED) is 0.702. The molecule has 1 unspecified atom stereocenters. The molecule has 2 rings (SSSR count). The number of esters is 1. The van der Waals surface area contributed by atoms with Crippen molar-refractivity contribution in [3.8, 4) is 5.75 Å². The standard InChI is InChI=1S/C20H28N2O5/c1-4-26-18(23)13-17-19(24)21-10-11-22(17)20(25)15-5-7-16(8-6-15)27-12-9-14(2)3/h5-8,14,17H,4,9-13H2,1-3H3,(H,21,24). The van der Waals surface area contributed by atoms with Crippen LogP contribution in [-0.4, -0.2) is 55.0 Å². The van der Waals surface area contributed by atoms with Crippen molar-refractivity contribution in [3.63, 3.8) is 0 Å². The van der Waals surface area contributed by atoms with Crippen molar-refractivity contribution in [1.29, 1.82) is 0 Å². The van der Waals surface area contributed by atoms with Gasteiger partial charge >= 0.3 is 5.97 Å². The number of nitrogens with one attached hydrogen (secondary N) is 1. The lowest BCUT2D eigenvalue weighted by molar-refractivity contribution is -0.147. The molecule has 0 radical (unpaired) electrons. The first-order chi connectivity index (χ1) is 12.9. The van der Waals surface area contributed by atoms with E-state index in [9.17, 15) is 14.4 Å². The fraction of sp³-hybridized carbons (Fsp3) is 0.550. The van der Waals surface area contributed by atoms with Crippen molar-refractivity contribution in [1.82, 2.24) is 10.2 Å². The normalized spacial score (nSPS) is 16.8. The third kappa shape index (κ3) is 5.98. The third-order valence-corrected chi connectivity index (χ3v) is 4.32. The Morgan fingerprint density at radius 2 is 1.96 bits per heavy atom. The molecule has 1 aliphatic rings. The second-order valence-corrected chi connectivity index (χ2v) is 6.87. The summed E-state index contributed by atoms with van der Waals surface area (Å²) in [5.74, 6) is 0.148. The first kappa shape index (κ1) is 20.7. The molecule has 7 nitrogen and oxygen atoms in total. The Hall–Kier alpha value is -2.57. The van der Waals surface area contributed by atoms with E-state index in [0.717, 1.165) is 6.42 Å². The number of hydrogen-bond donors (Lipinski definition) is 1. The summed E-state index contributed by atoms with van der Waals surface area (Å²) in [5.41, 5.74) is 0.453. The summed E-state index contributed by atoms with van der Waals surface area (Å²) >= 11 is 0. The van der Waals surface area contributed by atoms with Gasteiger partial charge in [-0.25, -0.2) is 0 Å². The molecule has 27 heavy (non-hydrogen) atoms. The van der Waals surface area contributed by atoms with Crippen LogP contribution in [0.2, 0.25) is 0 Å². The Bertz CT molecular complexity index is 657. The molecule has 0 aromatic heterocycles. The topological polar surface area (TPSA) is 84.9 Å². The van der Waals surface area contributed by atoms with E-state index in [1.54, 1.807) is 31.2 Å². The van der Waals surface area contributed by atoms with E-state index in [-0.39, 0.29) is 24.8 Å². The van der Waals surface area contributed by atoms with Crippen LogP contribution in [0, 0.1) is 5.92 Å². The molecule has 1 heterocycles. The van der Waals surface area contributed by atoms with E-state index in [2.05, 4.69) is 19.2 Å². The Balaban J connectivity index is 2.04. The number of benzene rings is 1.